The second-order valence-corrected chi connectivity index (χ2v) is 11.1. The van der Waals surface area contributed by atoms with E-state index in [4.69, 9.17) is 15.2 Å². The van der Waals surface area contributed by atoms with Gasteiger partial charge < -0.3 is 24.1 Å². The van der Waals surface area contributed by atoms with E-state index in [1.165, 1.54) is 22.9 Å². The Balaban J connectivity index is 1.41. The fraction of sp³-hybridized carbons (Fsp3) is 0.219. The first-order chi connectivity index (χ1) is 19.9. The van der Waals surface area contributed by atoms with Crippen molar-refractivity contribution in [3.05, 3.63) is 101 Å². The van der Waals surface area contributed by atoms with Crippen LogP contribution in [-0.2, 0) is 13.0 Å². The third-order valence-electron chi connectivity index (χ3n) is 7.53. The van der Waals surface area contributed by atoms with Crippen molar-refractivity contribution in [2.24, 2.45) is 5.73 Å². The van der Waals surface area contributed by atoms with E-state index in [1.807, 2.05) is 26.0 Å². The van der Waals surface area contributed by atoms with Crippen LogP contribution in [0, 0.1) is 13.8 Å². The summed E-state index contributed by atoms with van der Waals surface area (Å²) in [6, 6.07) is 22.4. The Morgan fingerprint density at radius 3 is 2.63 bits per heavy atom. The Morgan fingerprint density at radius 2 is 1.85 bits per heavy atom. The van der Waals surface area contributed by atoms with Crippen LogP contribution in [0.4, 0.5) is 5.82 Å². The quantitative estimate of drug-likeness (QED) is 0.171. The van der Waals surface area contributed by atoms with Crippen LogP contribution in [0.5, 0.6) is 0 Å². The molecule has 0 saturated carbocycles. The standard InChI is InChI=1S/C32H32N6O2S/c1-4-5-14-30-34-25-17-22(31(33)39)15-16-27(25)38(30)19-23-18-37(26-11-7-6-10-24(23)26)28-12-8-9-13-29(28)41-36-32-20(2)21(3)40-35-32/h6-13,15-18H,4-5,14,19H2,1-3H3,(H2,33,39)(H,35,36). The summed E-state index contributed by atoms with van der Waals surface area (Å²) in [5.41, 5.74) is 12.2. The van der Waals surface area contributed by atoms with Crippen LogP contribution in [0.15, 0.2) is 82.3 Å². The highest BCUT2D eigenvalue weighted by atomic mass is 32.2. The molecule has 0 aliphatic rings. The van der Waals surface area contributed by atoms with Gasteiger partial charge in [-0.3, -0.25) is 4.79 Å². The molecule has 0 aliphatic heterocycles. The van der Waals surface area contributed by atoms with Crippen molar-refractivity contribution in [3.8, 4) is 5.69 Å². The Bertz CT molecular complexity index is 1880. The number of hydrogen-bond acceptors (Lipinski definition) is 6. The molecular formula is C32H32N6O2S. The number of benzene rings is 3. The van der Waals surface area contributed by atoms with E-state index in [9.17, 15) is 4.79 Å². The average Bonchev–Trinajstić information content (AvgIpc) is 3.64. The summed E-state index contributed by atoms with van der Waals surface area (Å²) in [5.74, 6) is 2.10. The Labute approximate surface area is 242 Å². The van der Waals surface area contributed by atoms with Gasteiger partial charge in [-0.2, -0.15) is 0 Å². The van der Waals surface area contributed by atoms with Gasteiger partial charge in [0.2, 0.25) is 5.91 Å². The number of hydrogen-bond donors (Lipinski definition) is 2. The molecule has 0 radical (unpaired) electrons. The minimum atomic E-state index is -0.445. The highest BCUT2D eigenvalue weighted by molar-refractivity contribution is 8.00. The largest absolute Gasteiger partial charge is 0.366 e. The summed E-state index contributed by atoms with van der Waals surface area (Å²) < 4.78 is 13.2. The zero-order valence-electron chi connectivity index (χ0n) is 23.3. The van der Waals surface area contributed by atoms with E-state index in [-0.39, 0.29) is 0 Å². The van der Waals surface area contributed by atoms with Crippen LogP contribution in [0.3, 0.4) is 0 Å². The second kappa shape index (κ2) is 11.2. The molecule has 41 heavy (non-hydrogen) atoms. The molecule has 208 valence electrons. The smallest absolute Gasteiger partial charge is 0.248 e. The number of carbonyl (C=O) groups excluding carboxylic acids is 1. The third-order valence-corrected chi connectivity index (χ3v) is 8.39. The first-order valence-electron chi connectivity index (χ1n) is 13.8. The molecule has 0 spiro atoms. The zero-order valence-corrected chi connectivity index (χ0v) is 24.2. The molecule has 1 amide bonds. The minimum Gasteiger partial charge on any atom is -0.366 e. The first-order valence-corrected chi connectivity index (χ1v) is 14.6. The van der Waals surface area contributed by atoms with Crippen LogP contribution >= 0.6 is 11.9 Å². The molecule has 3 N–H and O–H groups in total. The molecule has 6 rings (SSSR count). The molecule has 0 saturated heterocycles. The fourth-order valence-electron chi connectivity index (χ4n) is 5.14. The van der Waals surface area contributed by atoms with E-state index in [0.717, 1.165) is 69.4 Å². The van der Waals surface area contributed by atoms with Crippen LogP contribution < -0.4 is 10.5 Å². The normalized spacial score (nSPS) is 11.5. The minimum absolute atomic E-state index is 0.445. The maximum atomic E-state index is 11.8. The summed E-state index contributed by atoms with van der Waals surface area (Å²) in [7, 11) is 0. The summed E-state index contributed by atoms with van der Waals surface area (Å²) in [4.78, 5) is 17.8. The number of nitrogens with two attached hydrogens (primary N) is 1. The number of unbranched alkanes of at least 4 members (excludes halogenated alkanes) is 1. The Kier molecular flexibility index (Phi) is 7.28. The van der Waals surface area contributed by atoms with Crippen LogP contribution in [0.2, 0.25) is 0 Å². The monoisotopic (exact) mass is 564 g/mol. The van der Waals surface area contributed by atoms with E-state index < -0.39 is 5.91 Å². The number of carbonyl (C=O) groups is 1. The fourth-order valence-corrected chi connectivity index (χ4v) is 5.95. The third kappa shape index (κ3) is 5.09. The summed E-state index contributed by atoms with van der Waals surface area (Å²) in [6.45, 7) is 6.74. The molecule has 0 bridgehead atoms. The number of aryl methyl sites for hydroxylation is 2. The zero-order chi connectivity index (χ0) is 28.5. The van der Waals surface area contributed by atoms with Gasteiger partial charge in [0.15, 0.2) is 5.82 Å². The molecule has 3 aromatic heterocycles. The number of anilines is 1. The lowest BCUT2D eigenvalue weighted by Gasteiger charge is -2.12. The maximum absolute atomic E-state index is 11.8. The van der Waals surface area contributed by atoms with Crippen molar-refractivity contribution in [1.29, 1.82) is 0 Å². The van der Waals surface area contributed by atoms with Crippen molar-refractivity contribution >= 4 is 45.6 Å². The molecule has 0 fully saturated rings. The van der Waals surface area contributed by atoms with Gasteiger partial charge in [-0.15, -0.1) is 0 Å². The maximum Gasteiger partial charge on any atom is 0.248 e. The molecule has 0 atom stereocenters. The number of imidazole rings is 1. The Morgan fingerprint density at radius 1 is 1.05 bits per heavy atom. The van der Waals surface area contributed by atoms with Crippen LogP contribution in [0.25, 0.3) is 27.6 Å². The van der Waals surface area contributed by atoms with E-state index in [0.29, 0.717) is 12.1 Å². The number of aromatic nitrogens is 4. The van der Waals surface area contributed by atoms with Gasteiger partial charge in [0.25, 0.3) is 0 Å². The van der Waals surface area contributed by atoms with Crippen molar-refractivity contribution in [3.63, 3.8) is 0 Å². The van der Waals surface area contributed by atoms with Gasteiger partial charge in [0.1, 0.15) is 11.6 Å². The summed E-state index contributed by atoms with van der Waals surface area (Å²) in [5, 5.41) is 5.33. The van der Waals surface area contributed by atoms with Gasteiger partial charge in [0, 0.05) is 29.1 Å². The number of primary amides is 1. The van der Waals surface area contributed by atoms with Crippen molar-refractivity contribution in [2.75, 3.05) is 4.72 Å². The summed E-state index contributed by atoms with van der Waals surface area (Å²) in [6.07, 6.45) is 5.20. The highest BCUT2D eigenvalue weighted by Gasteiger charge is 2.18. The van der Waals surface area contributed by atoms with E-state index in [1.54, 1.807) is 12.1 Å². The first kappa shape index (κ1) is 26.7. The van der Waals surface area contributed by atoms with Gasteiger partial charge in [-0.25, -0.2) is 4.98 Å². The molecule has 6 aromatic rings. The number of para-hydroxylation sites is 2. The second-order valence-electron chi connectivity index (χ2n) is 10.2. The molecule has 0 unspecified atom stereocenters. The lowest BCUT2D eigenvalue weighted by atomic mass is 10.1. The molecule has 8 nitrogen and oxygen atoms in total. The topological polar surface area (TPSA) is 104 Å². The highest BCUT2D eigenvalue weighted by Crippen LogP contribution is 2.33. The lowest BCUT2D eigenvalue weighted by molar-refractivity contribution is 0.100. The predicted molar refractivity (Wildman–Crippen MR) is 165 cm³/mol. The van der Waals surface area contributed by atoms with E-state index >= 15 is 0 Å². The molecule has 3 heterocycles. The summed E-state index contributed by atoms with van der Waals surface area (Å²) >= 11 is 1.52. The number of fused-ring (bicyclic) bond motifs is 2. The van der Waals surface area contributed by atoms with Crippen LogP contribution in [-0.4, -0.2) is 25.2 Å². The number of nitrogens with one attached hydrogen (secondary N) is 1. The SMILES string of the molecule is CCCCc1nc2cc(C(N)=O)ccc2n1Cc1cn(-c2ccccc2SNc2noc(C)c2C)c2ccccc12. The van der Waals surface area contributed by atoms with Gasteiger partial charge in [-0.05, 0) is 74.2 Å². The molecular weight excluding hydrogens is 532 g/mol. The van der Waals surface area contributed by atoms with Crippen molar-refractivity contribution < 1.29 is 9.32 Å². The lowest BCUT2D eigenvalue weighted by Crippen LogP contribution is -2.10. The number of amides is 1. The van der Waals surface area contributed by atoms with Crippen molar-refractivity contribution in [1.82, 2.24) is 19.3 Å². The average molecular weight is 565 g/mol. The van der Waals surface area contributed by atoms with Crippen molar-refractivity contribution in [2.45, 2.75) is 51.5 Å². The molecule has 9 heteroatoms. The van der Waals surface area contributed by atoms with Crippen LogP contribution in [0.1, 0.15) is 52.8 Å². The predicted octanol–water partition coefficient (Wildman–Crippen LogP) is 7.19. The van der Waals surface area contributed by atoms with E-state index in [2.05, 4.69) is 74.6 Å². The van der Waals surface area contributed by atoms with Gasteiger partial charge in [0.05, 0.1) is 33.7 Å². The molecule has 3 aromatic carbocycles. The Hall–Kier alpha value is -4.50. The number of rotatable bonds is 10. The van der Waals surface area contributed by atoms with Gasteiger partial charge in [-0.1, -0.05) is 48.8 Å². The number of nitrogens with zero attached hydrogens (tertiary/aromatic N) is 4. The molecule has 0 aliphatic carbocycles. The van der Waals surface area contributed by atoms with Gasteiger partial charge >= 0.3 is 0 Å².